The first-order valence-electron chi connectivity index (χ1n) is 8.35. The molecule has 3 rings (SSSR count). The molecule has 2 fully saturated rings. The monoisotopic (exact) mass is 355 g/mol. The molecule has 3 aliphatic rings. The number of sulfonamides is 1. The highest BCUT2D eigenvalue weighted by molar-refractivity contribution is 7.89. The molecule has 0 radical (unpaired) electrons. The molecule has 1 heterocycles. The molecule has 1 aliphatic heterocycles. The highest BCUT2D eigenvalue weighted by Crippen LogP contribution is 2.54. The Balaban J connectivity index is 1.92. The fourth-order valence-corrected chi connectivity index (χ4v) is 5.02. The third kappa shape index (κ3) is 3.28. The van der Waals surface area contributed by atoms with Gasteiger partial charge in [0.1, 0.15) is 5.66 Å². The van der Waals surface area contributed by atoms with Gasteiger partial charge in [-0.25, -0.2) is 8.42 Å². The maximum atomic E-state index is 12.3. The van der Waals surface area contributed by atoms with Gasteiger partial charge in [-0.3, -0.25) is 9.69 Å². The number of nitrogens with two attached hydrogens (primary N) is 1. The van der Waals surface area contributed by atoms with Crippen molar-refractivity contribution in [2.24, 2.45) is 17.1 Å². The number of aliphatic hydroxyl groups is 1. The SMILES string of the molecule is NC(=O)C1C=CC=CC1(NS(=O)(=O)CCO)N1CCC2(CC1)CC2. The minimum Gasteiger partial charge on any atom is -0.395 e. The Kier molecular flexibility index (Phi) is 4.59. The Bertz CT molecular complexity index is 659. The zero-order valence-electron chi connectivity index (χ0n) is 13.6. The number of primary amides is 1. The molecule has 2 unspecified atom stereocenters. The van der Waals surface area contributed by atoms with Crippen molar-refractivity contribution in [2.75, 3.05) is 25.4 Å². The minimum atomic E-state index is -3.75. The van der Waals surface area contributed by atoms with E-state index in [1.54, 1.807) is 24.3 Å². The first-order chi connectivity index (χ1) is 11.3. The summed E-state index contributed by atoms with van der Waals surface area (Å²) < 4.78 is 27.4. The number of allylic oxidation sites excluding steroid dienone is 2. The number of likely N-dealkylation sites (tertiary alicyclic amines) is 1. The van der Waals surface area contributed by atoms with Crippen LogP contribution in [0.2, 0.25) is 0 Å². The second-order valence-corrected chi connectivity index (χ2v) is 8.92. The Morgan fingerprint density at radius 1 is 1.25 bits per heavy atom. The van der Waals surface area contributed by atoms with Gasteiger partial charge in [0, 0.05) is 13.1 Å². The van der Waals surface area contributed by atoms with E-state index in [4.69, 9.17) is 10.8 Å². The predicted octanol–water partition coefficient (Wildman–Crippen LogP) is -0.302. The highest BCUT2D eigenvalue weighted by Gasteiger charge is 2.52. The second kappa shape index (κ2) is 6.25. The van der Waals surface area contributed by atoms with Gasteiger partial charge in [0.25, 0.3) is 0 Å². The summed E-state index contributed by atoms with van der Waals surface area (Å²) in [5.41, 5.74) is 4.81. The molecule has 0 aromatic heterocycles. The number of piperidine rings is 1. The molecule has 8 heteroatoms. The standard InChI is InChI=1S/C16H25N3O4S/c17-14(21)13-3-1-2-4-16(13,18-24(22,23)12-11-20)19-9-7-15(5-6-15)8-10-19/h1-4,13,18,20H,5-12H2,(H2,17,21). The number of rotatable bonds is 6. The van der Waals surface area contributed by atoms with Crippen molar-refractivity contribution in [1.29, 1.82) is 0 Å². The van der Waals surface area contributed by atoms with Gasteiger partial charge in [-0.1, -0.05) is 18.2 Å². The molecule has 0 aromatic rings. The lowest BCUT2D eigenvalue weighted by Gasteiger charge is -2.49. The summed E-state index contributed by atoms with van der Waals surface area (Å²) in [5.74, 6) is -1.77. The number of carbonyl (C=O) groups excluding carboxylic acids is 1. The Hall–Kier alpha value is -1.22. The summed E-state index contributed by atoms with van der Waals surface area (Å²) in [5, 5.41) is 9.02. The van der Waals surface area contributed by atoms with Crippen molar-refractivity contribution in [3.05, 3.63) is 24.3 Å². The summed E-state index contributed by atoms with van der Waals surface area (Å²) in [6, 6.07) is 0. The molecule has 7 nitrogen and oxygen atoms in total. The van der Waals surface area contributed by atoms with E-state index in [9.17, 15) is 13.2 Å². The second-order valence-electron chi connectivity index (χ2n) is 7.08. The first-order valence-corrected chi connectivity index (χ1v) is 10.0. The molecule has 0 bridgehead atoms. The predicted molar refractivity (Wildman–Crippen MR) is 90.2 cm³/mol. The molecule has 1 saturated heterocycles. The Morgan fingerprint density at radius 3 is 2.46 bits per heavy atom. The van der Waals surface area contributed by atoms with Crippen LogP contribution in [0.25, 0.3) is 0 Å². The molecule has 1 spiro atoms. The number of nitrogens with one attached hydrogen (secondary N) is 1. The third-order valence-corrected chi connectivity index (χ3v) is 6.89. The number of aliphatic hydroxyl groups excluding tert-OH is 1. The summed E-state index contributed by atoms with van der Waals surface area (Å²) in [6.45, 7) is 0.947. The van der Waals surface area contributed by atoms with Crippen LogP contribution < -0.4 is 10.5 Å². The van der Waals surface area contributed by atoms with Crippen molar-refractivity contribution < 1.29 is 18.3 Å². The fourth-order valence-electron chi connectivity index (χ4n) is 3.85. The minimum absolute atomic E-state index is 0.407. The van der Waals surface area contributed by atoms with E-state index < -0.39 is 39.9 Å². The molecule has 134 valence electrons. The lowest BCUT2D eigenvalue weighted by molar-refractivity contribution is -0.124. The summed E-state index contributed by atoms with van der Waals surface area (Å²) >= 11 is 0. The van der Waals surface area contributed by atoms with E-state index in [1.165, 1.54) is 12.8 Å². The smallest absolute Gasteiger partial charge is 0.228 e. The summed E-state index contributed by atoms with van der Waals surface area (Å²) in [7, 11) is -3.75. The maximum absolute atomic E-state index is 12.3. The van der Waals surface area contributed by atoms with Gasteiger partial charge in [0.05, 0.1) is 18.3 Å². The van der Waals surface area contributed by atoms with Crippen LogP contribution in [0.15, 0.2) is 24.3 Å². The maximum Gasteiger partial charge on any atom is 0.228 e. The summed E-state index contributed by atoms with van der Waals surface area (Å²) in [6.07, 6.45) is 11.3. The van der Waals surface area contributed by atoms with Crippen LogP contribution in [0, 0.1) is 11.3 Å². The van der Waals surface area contributed by atoms with E-state index in [0.717, 1.165) is 12.8 Å². The van der Waals surface area contributed by atoms with Crippen molar-refractivity contribution in [3.63, 3.8) is 0 Å². The lowest BCUT2D eigenvalue weighted by Crippen LogP contribution is -2.67. The molecule has 1 saturated carbocycles. The van der Waals surface area contributed by atoms with Crippen molar-refractivity contribution in [2.45, 2.75) is 31.3 Å². The van der Waals surface area contributed by atoms with Gasteiger partial charge >= 0.3 is 0 Å². The van der Waals surface area contributed by atoms with Crippen LogP contribution >= 0.6 is 0 Å². The number of hydrogen-bond acceptors (Lipinski definition) is 5. The van der Waals surface area contributed by atoms with E-state index >= 15 is 0 Å². The molecule has 24 heavy (non-hydrogen) atoms. The largest absolute Gasteiger partial charge is 0.395 e. The fraction of sp³-hybridized carbons (Fsp3) is 0.688. The summed E-state index contributed by atoms with van der Waals surface area (Å²) in [4.78, 5) is 14.0. The van der Waals surface area contributed by atoms with Gasteiger partial charge in [-0.2, -0.15) is 4.72 Å². The van der Waals surface area contributed by atoms with Crippen LogP contribution in [-0.2, 0) is 14.8 Å². The van der Waals surface area contributed by atoms with Gasteiger partial charge in [0.15, 0.2) is 0 Å². The molecule has 4 N–H and O–H groups in total. The zero-order valence-corrected chi connectivity index (χ0v) is 14.5. The number of hydrogen-bond donors (Lipinski definition) is 3. The average Bonchev–Trinajstić information content (AvgIpc) is 3.26. The van der Waals surface area contributed by atoms with Crippen LogP contribution in [0.3, 0.4) is 0 Å². The Labute approximate surface area is 142 Å². The van der Waals surface area contributed by atoms with E-state index in [0.29, 0.717) is 18.5 Å². The van der Waals surface area contributed by atoms with Gasteiger partial charge in [-0.15, -0.1) is 0 Å². The molecule has 2 aliphatic carbocycles. The van der Waals surface area contributed by atoms with Crippen LogP contribution in [0.4, 0.5) is 0 Å². The van der Waals surface area contributed by atoms with Crippen molar-refractivity contribution >= 4 is 15.9 Å². The van der Waals surface area contributed by atoms with Crippen LogP contribution in [0.5, 0.6) is 0 Å². The van der Waals surface area contributed by atoms with Gasteiger partial charge in [0.2, 0.25) is 15.9 Å². The van der Waals surface area contributed by atoms with E-state index in [-0.39, 0.29) is 0 Å². The molecule has 2 atom stereocenters. The van der Waals surface area contributed by atoms with E-state index in [2.05, 4.69) is 4.72 Å². The normalized spacial score (nSPS) is 32.1. The molecule has 1 amide bonds. The quantitative estimate of drug-likeness (QED) is 0.605. The number of nitrogens with zero attached hydrogens (tertiary/aromatic N) is 1. The van der Waals surface area contributed by atoms with Gasteiger partial charge in [-0.05, 0) is 37.2 Å². The van der Waals surface area contributed by atoms with Gasteiger partial charge < -0.3 is 10.8 Å². The Morgan fingerprint density at radius 2 is 1.92 bits per heavy atom. The van der Waals surface area contributed by atoms with Crippen molar-refractivity contribution in [3.8, 4) is 0 Å². The van der Waals surface area contributed by atoms with Crippen LogP contribution in [0.1, 0.15) is 25.7 Å². The molecular weight excluding hydrogens is 330 g/mol. The zero-order chi connectivity index (χ0) is 17.4. The average molecular weight is 355 g/mol. The molecule has 0 aromatic carbocycles. The highest BCUT2D eigenvalue weighted by atomic mass is 32.2. The first kappa shape index (κ1) is 17.6. The molecular formula is C16H25N3O4S. The lowest BCUT2D eigenvalue weighted by atomic mass is 9.83. The van der Waals surface area contributed by atoms with E-state index in [1.807, 2.05) is 4.90 Å². The third-order valence-electron chi connectivity index (χ3n) is 5.53. The number of amides is 1. The van der Waals surface area contributed by atoms with Crippen LogP contribution in [-0.4, -0.2) is 55.4 Å². The van der Waals surface area contributed by atoms with Crippen molar-refractivity contribution in [1.82, 2.24) is 9.62 Å². The number of carbonyl (C=O) groups is 1. The topological polar surface area (TPSA) is 113 Å².